The van der Waals surface area contributed by atoms with Gasteiger partial charge in [-0.05, 0) is 49.2 Å². The maximum atomic E-state index is 13.0. The van der Waals surface area contributed by atoms with E-state index >= 15 is 0 Å². The number of hydrogen-bond donors (Lipinski definition) is 1. The lowest BCUT2D eigenvalue weighted by atomic mass is 10.1. The van der Waals surface area contributed by atoms with E-state index in [0.717, 1.165) is 28.7 Å². The molecule has 34 heavy (non-hydrogen) atoms. The quantitative estimate of drug-likeness (QED) is 0.568. The second-order valence-corrected chi connectivity index (χ2v) is 10.9. The van der Waals surface area contributed by atoms with Gasteiger partial charge in [0.05, 0.1) is 10.6 Å². The molecule has 2 aliphatic heterocycles. The number of sulfonamides is 1. The molecule has 0 fully saturated rings. The first-order chi connectivity index (χ1) is 16.0. The van der Waals surface area contributed by atoms with E-state index in [4.69, 9.17) is 0 Å². The highest BCUT2D eigenvalue weighted by atomic mass is 32.2. The standard InChI is InChI=1S/C22H19F3N4O3S2/c1-13-10-15-11-17(6-7-19(15)29(13)20(30)22(23,24)25)34(31,32)27-16-4-2-14(3-5-16)18-12-28-8-9-33-21(28)26-18/h2-7,11-13,27H,8-10H2,1H3. The predicted octanol–water partition coefficient (Wildman–Crippen LogP) is 4.30. The lowest BCUT2D eigenvalue weighted by molar-refractivity contribution is -0.170. The number of aromatic nitrogens is 2. The predicted molar refractivity (Wildman–Crippen MR) is 122 cm³/mol. The summed E-state index contributed by atoms with van der Waals surface area (Å²) in [6, 6.07) is 9.83. The first kappa shape index (κ1) is 22.8. The third-order valence-corrected chi connectivity index (χ3v) is 8.12. The van der Waals surface area contributed by atoms with Crippen LogP contribution < -0.4 is 9.62 Å². The molecular formula is C22H19F3N4O3S2. The Labute approximate surface area is 198 Å². The molecule has 2 aliphatic rings. The Morgan fingerprint density at radius 2 is 1.91 bits per heavy atom. The van der Waals surface area contributed by atoms with Gasteiger partial charge in [0.1, 0.15) is 0 Å². The number of aryl methyl sites for hydroxylation is 1. The van der Waals surface area contributed by atoms with Crippen molar-refractivity contribution in [2.75, 3.05) is 15.4 Å². The molecule has 5 rings (SSSR count). The largest absolute Gasteiger partial charge is 0.471 e. The summed E-state index contributed by atoms with van der Waals surface area (Å²) < 4.78 is 69.3. The topological polar surface area (TPSA) is 84.3 Å². The van der Waals surface area contributed by atoms with Gasteiger partial charge in [0, 0.05) is 41.5 Å². The minimum Gasteiger partial charge on any atom is -0.325 e. The van der Waals surface area contributed by atoms with Gasteiger partial charge >= 0.3 is 12.1 Å². The molecule has 12 heteroatoms. The molecule has 1 atom stereocenters. The minimum atomic E-state index is -5.01. The summed E-state index contributed by atoms with van der Waals surface area (Å²) in [5.74, 6) is -0.962. The van der Waals surface area contributed by atoms with Crippen molar-refractivity contribution in [3.8, 4) is 11.3 Å². The Bertz CT molecular complexity index is 1360. The van der Waals surface area contributed by atoms with Gasteiger partial charge in [-0.1, -0.05) is 23.9 Å². The molecule has 3 aromatic rings. The van der Waals surface area contributed by atoms with Gasteiger partial charge in [-0.3, -0.25) is 9.52 Å². The summed E-state index contributed by atoms with van der Waals surface area (Å²) in [6.07, 6.45) is -2.92. The van der Waals surface area contributed by atoms with Crippen LogP contribution >= 0.6 is 11.8 Å². The lowest BCUT2D eigenvalue weighted by Gasteiger charge is -2.23. The van der Waals surface area contributed by atoms with Crippen molar-refractivity contribution in [1.29, 1.82) is 0 Å². The fourth-order valence-corrected chi connectivity index (χ4v) is 6.24. The van der Waals surface area contributed by atoms with Crippen LogP contribution in [-0.2, 0) is 27.8 Å². The highest BCUT2D eigenvalue weighted by molar-refractivity contribution is 7.99. The van der Waals surface area contributed by atoms with Crippen LogP contribution in [0.1, 0.15) is 12.5 Å². The number of anilines is 2. The Balaban J connectivity index is 1.35. The maximum absolute atomic E-state index is 13.0. The highest BCUT2D eigenvalue weighted by Crippen LogP contribution is 2.37. The molecule has 1 unspecified atom stereocenters. The third kappa shape index (κ3) is 4.05. The first-order valence-corrected chi connectivity index (χ1v) is 12.9. The normalized spacial score (nSPS) is 17.5. The maximum Gasteiger partial charge on any atom is 0.471 e. The third-order valence-electron chi connectivity index (χ3n) is 5.77. The number of benzene rings is 2. The van der Waals surface area contributed by atoms with Gasteiger partial charge in [0.2, 0.25) is 0 Å². The van der Waals surface area contributed by atoms with Crippen LogP contribution in [0.5, 0.6) is 0 Å². The molecule has 178 valence electrons. The molecule has 0 aliphatic carbocycles. The first-order valence-electron chi connectivity index (χ1n) is 10.4. The van der Waals surface area contributed by atoms with Gasteiger partial charge in [0.25, 0.3) is 10.0 Å². The summed E-state index contributed by atoms with van der Waals surface area (Å²) in [5.41, 5.74) is 2.44. The molecule has 1 N–H and O–H groups in total. The molecule has 3 heterocycles. The average Bonchev–Trinajstić information content (AvgIpc) is 3.45. The SMILES string of the molecule is CC1Cc2cc(S(=O)(=O)Nc3ccc(-c4cn5c(n4)SCC5)cc3)ccc2N1C(=O)C(F)(F)F. The molecule has 0 saturated carbocycles. The molecule has 0 radical (unpaired) electrons. The monoisotopic (exact) mass is 508 g/mol. The van der Waals surface area contributed by atoms with Crippen molar-refractivity contribution in [3.05, 3.63) is 54.2 Å². The van der Waals surface area contributed by atoms with Gasteiger partial charge in [-0.2, -0.15) is 13.2 Å². The number of amides is 1. The van der Waals surface area contributed by atoms with Crippen molar-refractivity contribution in [2.24, 2.45) is 0 Å². The molecule has 0 bridgehead atoms. The second kappa shape index (κ2) is 8.05. The van der Waals surface area contributed by atoms with Crippen LogP contribution in [0.2, 0.25) is 0 Å². The van der Waals surface area contributed by atoms with Crippen molar-refractivity contribution in [3.63, 3.8) is 0 Å². The van der Waals surface area contributed by atoms with E-state index in [2.05, 4.69) is 14.3 Å². The van der Waals surface area contributed by atoms with Crippen molar-refractivity contribution >= 4 is 39.1 Å². The highest BCUT2D eigenvalue weighted by Gasteiger charge is 2.47. The van der Waals surface area contributed by atoms with Crippen LogP contribution in [0, 0.1) is 0 Å². The summed E-state index contributed by atoms with van der Waals surface area (Å²) in [5, 5.41) is 0.959. The number of rotatable bonds is 4. The Morgan fingerprint density at radius 1 is 1.18 bits per heavy atom. The molecule has 0 saturated heterocycles. The van der Waals surface area contributed by atoms with Crippen molar-refractivity contribution in [1.82, 2.24) is 9.55 Å². The van der Waals surface area contributed by atoms with Crippen LogP contribution in [0.4, 0.5) is 24.5 Å². The molecular weight excluding hydrogens is 489 g/mol. The fraction of sp³-hybridized carbons (Fsp3) is 0.273. The van der Waals surface area contributed by atoms with Crippen LogP contribution in [0.3, 0.4) is 0 Å². The van der Waals surface area contributed by atoms with Crippen LogP contribution in [-0.4, -0.2) is 41.8 Å². The molecule has 7 nitrogen and oxygen atoms in total. The number of imidazole rings is 1. The van der Waals surface area contributed by atoms with E-state index in [9.17, 15) is 26.4 Å². The number of halogens is 3. The Hall–Kier alpha value is -2.99. The summed E-state index contributed by atoms with van der Waals surface area (Å²) in [4.78, 5) is 16.9. The van der Waals surface area contributed by atoms with Crippen molar-refractivity contribution < 1.29 is 26.4 Å². The van der Waals surface area contributed by atoms with E-state index in [1.165, 1.54) is 25.1 Å². The zero-order valence-electron chi connectivity index (χ0n) is 17.8. The number of alkyl halides is 3. The smallest absolute Gasteiger partial charge is 0.325 e. The number of hydrogen-bond acceptors (Lipinski definition) is 5. The molecule has 2 aromatic carbocycles. The number of carbonyl (C=O) groups is 1. The summed E-state index contributed by atoms with van der Waals surface area (Å²) in [6.45, 7) is 2.40. The van der Waals surface area contributed by atoms with E-state index in [1.54, 1.807) is 36.0 Å². The van der Waals surface area contributed by atoms with E-state index in [-0.39, 0.29) is 17.0 Å². The Morgan fingerprint density at radius 3 is 2.59 bits per heavy atom. The molecule has 0 spiro atoms. The molecule has 1 amide bonds. The fourth-order valence-electron chi connectivity index (χ4n) is 4.19. The number of fused-ring (bicyclic) bond motifs is 2. The number of carbonyl (C=O) groups excluding carboxylic acids is 1. The average molecular weight is 509 g/mol. The van der Waals surface area contributed by atoms with E-state index in [1.807, 2.05) is 6.20 Å². The van der Waals surface area contributed by atoms with Crippen LogP contribution in [0.25, 0.3) is 11.3 Å². The van der Waals surface area contributed by atoms with Gasteiger partial charge < -0.3 is 9.47 Å². The Kier molecular flexibility index (Phi) is 5.40. The summed E-state index contributed by atoms with van der Waals surface area (Å²) >= 11 is 1.69. The van der Waals surface area contributed by atoms with Crippen molar-refractivity contribution in [2.45, 2.75) is 42.2 Å². The lowest BCUT2D eigenvalue weighted by Crippen LogP contribution is -2.44. The van der Waals surface area contributed by atoms with Gasteiger partial charge in [-0.15, -0.1) is 0 Å². The zero-order valence-corrected chi connectivity index (χ0v) is 19.5. The molecule has 1 aromatic heterocycles. The minimum absolute atomic E-state index is 0.0725. The van der Waals surface area contributed by atoms with Gasteiger partial charge in [0.15, 0.2) is 5.16 Å². The number of thioether (sulfide) groups is 1. The zero-order chi connectivity index (χ0) is 24.3. The number of nitrogens with zero attached hydrogens (tertiary/aromatic N) is 3. The van der Waals surface area contributed by atoms with E-state index < -0.39 is 28.1 Å². The summed E-state index contributed by atoms with van der Waals surface area (Å²) in [7, 11) is -3.99. The second-order valence-electron chi connectivity index (χ2n) is 8.15. The van der Waals surface area contributed by atoms with Crippen LogP contribution in [0.15, 0.2) is 58.7 Å². The number of nitrogens with one attached hydrogen (secondary N) is 1. The van der Waals surface area contributed by atoms with Gasteiger partial charge in [-0.25, -0.2) is 13.4 Å². The van der Waals surface area contributed by atoms with E-state index in [0.29, 0.717) is 16.2 Å².